The van der Waals surface area contributed by atoms with E-state index >= 15 is 0 Å². The van der Waals surface area contributed by atoms with E-state index in [4.69, 9.17) is 11.6 Å². The van der Waals surface area contributed by atoms with E-state index in [0.717, 1.165) is 38.3 Å². The van der Waals surface area contributed by atoms with Gasteiger partial charge in [0.15, 0.2) is 0 Å². The molecule has 1 unspecified atom stereocenters. The highest BCUT2D eigenvalue weighted by atomic mass is 35.5. The number of hydrogen-bond acceptors (Lipinski definition) is 4. The summed E-state index contributed by atoms with van der Waals surface area (Å²) in [5, 5.41) is 7.98. The molecule has 0 saturated carbocycles. The molecule has 1 aliphatic heterocycles. The second-order valence-corrected chi connectivity index (χ2v) is 8.42. The van der Waals surface area contributed by atoms with Crippen molar-refractivity contribution < 1.29 is 4.79 Å². The van der Waals surface area contributed by atoms with Crippen molar-refractivity contribution in [3.05, 3.63) is 83.1 Å². The Labute approximate surface area is 188 Å². The van der Waals surface area contributed by atoms with Gasteiger partial charge in [0.25, 0.3) is 5.91 Å². The maximum absolute atomic E-state index is 12.5. The first-order valence-electron chi connectivity index (χ1n) is 10.7. The molecule has 162 valence electrons. The van der Waals surface area contributed by atoms with Gasteiger partial charge in [-0.05, 0) is 43.3 Å². The summed E-state index contributed by atoms with van der Waals surface area (Å²) in [4.78, 5) is 17.4. The molecule has 1 atom stereocenters. The van der Waals surface area contributed by atoms with Gasteiger partial charge in [-0.1, -0.05) is 41.9 Å². The van der Waals surface area contributed by atoms with Gasteiger partial charge in [0.2, 0.25) is 0 Å². The molecule has 4 rings (SSSR count). The summed E-state index contributed by atoms with van der Waals surface area (Å²) in [6, 6.07) is 18.4. The predicted octanol–water partition coefficient (Wildman–Crippen LogP) is 3.63. The van der Waals surface area contributed by atoms with Crippen LogP contribution in [-0.4, -0.2) is 65.3 Å². The summed E-state index contributed by atoms with van der Waals surface area (Å²) in [6.45, 7) is 4.73. The Morgan fingerprint density at radius 1 is 1.13 bits per heavy atom. The topological polar surface area (TPSA) is 53.4 Å². The van der Waals surface area contributed by atoms with Crippen molar-refractivity contribution in [3.8, 4) is 5.69 Å². The fraction of sp³-hybridized carbons (Fsp3) is 0.333. The number of halogens is 1. The monoisotopic (exact) mass is 437 g/mol. The molecular formula is C24H28ClN5O. The van der Waals surface area contributed by atoms with E-state index in [-0.39, 0.29) is 5.91 Å². The Balaban J connectivity index is 1.28. The largest absolute Gasteiger partial charge is 0.352 e. The molecule has 7 heteroatoms. The van der Waals surface area contributed by atoms with Gasteiger partial charge in [-0.15, -0.1) is 0 Å². The van der Waals surface area contributed by atoms with Gasteiger partial charge in [-0.3, -0.25) is 9.69 Å². The van der Waals surface area contributed by atoms with Crippen LogP contribution in [0.5, 0.6) is 0 Å². The molecule has 6 nitrogen and oxygen atoms in total. The minimum atomic E-state index is -0.0989. The second kappa shape index (κ2) is 10.1. The van der Waals surface area contributed by atoms with Crippen molar-refractivity contribution in [1.29, 1.82) is 0 Å². The molecule has 2 aromatic carbocycles. The summed E-state index contributed by atoms with van der Waals surface area (Å²) >= 11 is 5.93. The van der Waals surface area contributed by atoms with Gasteiger partial charge in [0.05, 0.1) is 17.4 Å². The molecule has 1 fully saturated rings. The van der Waals surface area contributed by atoms with Gasteiger partial charge in [0, 0.05) is 50.0 Å². The third-order valence-corrected chi connectivity index (χ3v) is 5.97. The minimum absolute atomic E-state index is 0.0989. The van der Waals surface area contributed by atoms with E-state index < -0.39 is 0 Å². The van der Waals surface area contributed by atoms with Gasteiger partial charge >= 0.3 is 0 Å². The highest BCUT2D eigenvalue weighted by molar-refractivity contribution is 6.30. The van der Waals surface area contributed by atoms with E-state index in [1.165, 1.54) is 5.56 Å². The van der Waals surface area contributed by atoms with Crippen molar-refractivity contribution in [2.24, 2.45) is 0 Å². The zero-order valence-corrected chi connectivity index (χ0v) is 18.5. The number of piperazine rings is 1. The Morgan fingerprint density at radius 3 is 2.68 bits per heavy atom. The number of aromatic nitrogens is 2. The number of carbonyl (C=O) groups excluding carboxylic acids is 1. The first-order valence-corrected chi connectivity index (χ1v) is 11.0. The van der Waals surface area contributed by atoms with Crippen molar-refractivity contribution in [3.63, 3.8) is 0 Å². The van der Waals surface area contributed by atoms with E-state index in [2.05, 4.69) is 57.6 Å². The number of nitrogens with zero attached hydrogens (tertiary/aromatic N) is 4. The molecule has 1 aromatic heterocycles. The lowest BCUT2D eigenvalue weighted by molar-refractivity contribution is 0.0866. The average molecular weight is 438 g/mol. The molecule has 3 aromatic rings. The summed E-state index contributed by atoms with van der Waals surface area (Å²) in [5.74, 6) is -0.0989. The maximum atomic E-state index is 12.5. The van der Waals surface area contributed by atoms with Crippen LogP contribution in [0.2, 0.25) is 5.02 Å². The number of hydrogen-bond donors (Lipinski definition) is 1. The first kappa shape index (κ1) is 21.6. The lowest BCUT2D eigenvalue weighted by Crippen LogP contribution is -2.47. The zero-order valence-electron chi connectivity index (χ0n) is 17.7. The fourth-order valence-corrected chi connectivity index (χ4v) is 4.10. The highest BCUT2D eigenvalue weighted by Gasteiger charge is 2.26. The van der Waals surface area contributed by atoms with Crippen LogP contribution in [0.4, 0.5) is 0 Å². The molecule has 1 aliphatic rings. The van der Waals surface area contributed by atoms with Crippen molar-refractivity contribution in [1.82, 2.24) is 24.9 Å². The lowest BCUT2D eigenvalue weighted by Gasteiger charge is -2.40. The Kier molecular flexibility index (Phi) is 7.02. The number of likely N-dealkylation sites (N-methyl/N-ethyl adjacent to an activating group) is 1. The van der Waals surface area contributed by atoms with Crippen molar-refractivity contribution in [2.45, 2.75) is 12.5 Å². The van der Waals surface area contributed by atoms with Crippen LogP contribution in [0.1, 0.15) is 28.4 Å². The van der Waals surface area contributed by atoms with E-state index in [9.17, 15) is 4.79 Å². The average Bonchev–Trinajstić information content (AvgIpc) is 3.29. The van der Waals surface area contributed by atoms with Crippen LogP contribution in [0.15, 0.2) is 67.0 Å². The van der Waals surface area contributed by atoms with Crippen LogP contribution >= 0.6 is 11.6 Å². The molecule has 1 N–H and O–H groups in total. The van der Waals surface area contributed by atoms with Gasteiger partial charge in [-0.2, -0.15) is 5.10 Å². The Hall–Kier alpha value is -2.67. The molecule has 31 heavy (non-hydrogen) atoms. The van der Waals surface area contributed by atoms with Crippen molar-refractivity contribution in [2.75, 3.05) is 39.8 Å². The smallest absolute Gasteiger partial charge is 0.254 e. The minimum Gasteiger partial charge on any atom is -0.352 e. The lowest BCUT2D eigenvalue weighted by atomic mass is 10.0. The van der Waals surface area contributed by atoms with Gasteiger partial charge < -0.3 is 10.2 Å². The summed E-state index contributed by atoms with van der Waals surface area (Å²) in [5.41, 5.74) is 2.77. The molecular weight excluding hydrogens is 410 g/mol. The van der Waals surface area contributed by atoms with Crippen LogP contribution in [-0.2, 0) is 0 Å². The number of benzene rings is 2. The SMILES string of the molecule is CN1CCN(CCCNC(=O)c2cnn(-c3ccc(Cl)cc3)c2)C(c2ccccc2)C1. The normalized spacial score (nSPS) is 17.5. The van der Waals surface area contributed by atoms with E-state index in [1.807, 2.05) is 12.1 Å². The standard InChI is InChI=1S/C24H28ClN5O/c1-28-14-15-29(23(18-28)19-6-3-2-4-7-19)13-5-12-26-24(31)20-16-27-30(17-20)22-10-8-21(25)9-11-22/h2-4,6-11,16-17,23H,5,12-15,18H2,1H3,(H,26,31). The summed E-state index contributed by atoms with van der Waals surface area (Å²) in [6.07, 6.45) is 4.24. The Bertz CT molecular complexity index is 989. The van der Waals surface area contributed by atoms with Crippen LogP contribution in [0, 0.1) is 0 Å². The second-order valence-electron chi connectivity index (χ2n) is 7.98. The van der Waals surface area contributed by atoms with Crippen LogP contribution < -0.4 is 5.32 Å². The molecule has 0 bridgehead atoms. The summed E-state index contributed by atoms with van der Waals surface area (Å²) in [7, 11) is 2.18. The molecule has 0 aliphatic carbocycles. The Morgan fingerprint density at radius 2 is 1.90 bits per heavy atom. The predicted molar refractivity (Wildman–Crippen MR) is 124 cm³/mol. The van der Waals surface area contributed by atoms with E-state index in [1.54, 1.807) is 29.2 Å². The van der Waals surface area contributed by atoms with Crippen LogP contribution in [0.3, 0.4) is 0 Å². The number of amides is 1. The first-order chi connectivity index (χ1) is 15.1. The zero-order chi connectivity index (χ0) is 21.6. The maximum Gasteiger partial charge on any atom is 0.254 e. The fourth-order valence-electron chi connectivity index (χ4n) is 3.98. The van der Waals surface area contributed by atoms with E-state index in [0.29, 0.717) is 23.2 Å². The third kappa shape index (κ3) is 5.53. The quantitative estimate of drug-likeness (QED) is 0.573. The molecule has 0 radical (unpaired) electrons. The molecule has 1 saturated heterocycles. The number of carbonyl (C=O) groups is 1. The van der Waals surface area contributed by atoms with Crippen molar-refractivity contribution >= 4 is 17.5 Å². The van der Waals surface area contributed by atoms with Crippen LogP contribution in [0.25, 0.3) is 5.69 Å². The highest BCUT2D eigenvalue weighted by Crippen LogP contribution is 2.24. The number of nitrogens with one attached hydrogen (secondary N) is 1. The molecule has 0 spiro atoms. The third-order valence-electron chi connectivity index (χ3n) is 5.72. The van der Waals surface area contributed by atoms with Gasteiger partial charge in [0.1, 0.15) is 0 Å². The van der Waals surface area contributed by atoms with Gasteiger partial charge in [-0.25, -0.2) is 4.68 Å². The molecule has 1 amide bonds. The molecule has 2 heterocycles. The number of rotatable bonds is 7. The summed E-state index contributed by atoms with van der Waals surface area (Å²) < 4.78 is 1.68.